The number of likely N-dealkylation sites (tertiary alicyclic amines) is 1. The zero-order chi connectivity index (χ0) is 23.1. The van der Waals surface area contributed by atoms with Gasteiger partial charge in [0.1, 0.15) is 12.1 Å². The van der Waals surface area contributed by atoms with Crippen LogP contribution in [0.5, 0.6) is 0 Å². The number of nitrogens with two attached hydrogens (primary N) is 1. The van der Waals surface area contributed by atoms with Crippen LogP contribution in [0, 0.1) is 0 Å². The van der Waals surface area contributed by atoms with Gasteiger partial charge in [0, 0.05) is 30.0 Å². The molecule has 1 aromatic rings. The summed E-state index contributed by atoms with van der Waals surface area (Å²) in [5, 5.41) is 10.1. The molecule has 0 unspecified atom stereocenters. The van der Waals surface area contributed by atoms with Gasteiger partial charge in [0.2, 0.25) is 17.7 Å². The lowest BCUT2D eigenvalue weighted by Gasteiger charge is -2.29. The van der Waals surface area contributed by atoms with Crippen LogP contribution in [0.2, 0.25) is 0 Å². The van der Waals surface area contributed by atoms with E-state index in [1.807, 2.05) is 31.4 Å². The van der Waals surface area contributed by atoms with Gasteiger partial charge in [-0.05, 0) is 45.6 Å². The Morgan fingerprint density at radius 2 is 1.97 bits per heavy atom. The maximum atomic E-state index is 13.2. The second kappa shape index (κ2) is 10.9. The van der Waals surface area contributed by atoms with Gasteiger partial charge in [-0.3, -0.25) is 14.4 Å². The van der Waals surface area contributed by atoms with Crippen LogP contribution in [0.3, 0.4) is 0 Å². The molecule has 0 aliphatic carbocycles. The van der Waals surface area contributed by atoms with Gasteiger partial charge < -0.3 is 26.6 Å². The predicted molar refractivity (Wildman–Crippen MR) is 119 cm³/mol. The highest BCUT2D eigenvalue weighted by Gasteiger charge is 2.43. The number of nitrogens with one attached hydrogen (secondary N) is 3. The van der Waals surface area contributed by atoms with Crippen molar-refractivity contribution < 1.29 is 19.2 Å². The molecule has 1 fully saturated rings. The molecule has 1 aliphatic rings. The van der Waals surface area contributed by atoms with Crippen LogP contribution in [0.4, 0.5) is 4.79 Å². The molecule has 2 rings (SSSR count). The summed E-state index contributed by atoms with van der Waals surface area (Å²) in [6, 6.07) is 0.742. The van der Waals surface area contributed by atoms with Crippen molar-refractivity contribution in [3.8, 4) is 0 Å². The van der Waals surface area contributed by atoms with Gasteiger partial charge in [-0.15, -0.1) is 11.3 Å². The normalized spacial score (nSPS) is 18.9. The van der Waals surface area contributed by atoms with E-state index in [1.165, 1.54) is 22.3 Å². The molecule has 0 radical (unpaired) electrons. The Balaban J connectivity index is 2.22. The predicted octanol–water partition coefficient (Wildman–Crippen LogP) is 0.904. The SMILES string of the molecule is CC(C)=CC(=O)N1CC[C@@H](NC(=O)NC(C)C)[C@H]1C(=O)N[C@@H](Cc1cccs1)C(N)=O. The van der Waals surface area contributed by atoms with Crippen molar-refractivity contribution in [1.29, 1.82) is 0 Å². The average molecular weight is 450 g/mol. The fourth-order valence-corrected chi connectivity index (χ4v) is 4.18. The van der Waals surface area contributed by atoms with E-state index >= 15 is 0 Å². The molecule has 2 heterocycles. The van der Waals surface area contributed by atoms with Gasteiger partial charge in [0.25, 0.3) is 0 Å². The number of nitrogens with zero attached hydrogens (tertiary/aromatic N) is 1. The molecule has 1 aliphatic heterocycles. The number of carbonyl (C=O) groups excluding carboxylic acids is 4. The summed E-state index contributed by atoms with van der Waals surface area (Å²) in [6.07, 6.45) is 2.13. The van der Waals surface area contributed by atoms with Crippen molar-refractivity contribution in [2.24, 2.45) is 5.73 Å². The fraction of sp³-hybridized carbons (Fsp3) is 0.524. The molecule has 3 atom stereocenters. The summed E-state index contributed by atoms with van der Waals surface area (Å²) >= 11 is 1.46. The van der Waals surface area contributed by atoms with Crippen molar-refractivity contribution >= 4 is 35.1 Å². The highest BCUT2D eigenvalue weighted by Crippen LogP contribution is 2.20. The summed E-state index contributed by atoms with van der Waals surface area (Å²) in [7, 11) is 0. The van der Waals surface area contributed by atoms with Crippen LogP contribution in [0.25, 0.3) is 0 Å². The molecule has 0 aromatic carbocycles. The number of thiophene rings is 1. The van der Waals surface area contributed by atoms with E-state index in [1.54, 1.807) is 13.8 Å². The molecule has 0 bridgehead atoms. The van der Waals surface area contributed by atoms with Crippen LogP contribution in [0.1, 0.15) is 39.0 Å². The molecular weight excluding hydrogens is 418 g/mol. The first-order chi connectivity index (χ1) is 14.6. The van der Waals surface area contributed by atoms with Gasteiger partial charge in [-0.25, -0.2) is 4.79 Å². The molecule has 1 saturated heterocycles. The molecule has 0 saturated carbocycles. The largest absolute Gasteiger partial charge is 0.368 e. The lowest BCUT2D eigenvalue weighted by Crippen LogP contribution is -2.59. The van der Waals surface area contributed by atoms with Crippen LogP contribution in [0.15, 0.2) is 29.2 Å². The minimum absolute atomic E-state index is 0.0814. The summed E-state index contributed by atoms with van der Waals surface area (Å²) in [5.74, 6) is -1.50. The summed E-state index contributed by atoms with van der Waals surface area (Å²) in [4.78, 5) is 52.4. The second-order valence-corrected chi connectivity index (χ2v) is 9.15. The smallest absolute Gasteiger partial charge is 0.315 e. The number of primary amides is 1. The monoisotopic (exact) mass is 449 g/mol. The maximum Gasteiger partial charge on any atom is 0.315 e. The zero-order valence-corrected chi connectivity index (χ0v) is 19.1. The third kappa shape index (κ3) is 7.09. The fourth-order valence-electron chi connectivity index (χ4n) is 3.43. The van der Waals surface area contributed by atoms with E-state index in [0.29, 0.717) is 13.0 Å². The first kappa shape index (κ1) is 24.4. The number of allylic oxidation sites excluding steroid dienone is 1. The summed E-state index contributed by atoms with van der Waals surface area (Å²) in [6.45, 7) is 7.54. The number of hydrogen-bond acceptors (Lipinski definition) is 5. The number of urea groups is 1. The number of rotatable bonds is 8. The van der Waals surface area contributed by atoms with Crippen molar-refractivity contribution in [1.82, 2.24) is 20.9 Å². The average Bonchev–Trinajstić information content (AvgIpc) is 3.29. The van der Waals surface area contributed by atoms with E-state index in [-0.39, 0.29) is 18.4 Å². The highest BCUT2D eigenvalue weighted by molar-refractivity contribution is 7.09. The minimum atomic E-state index is -0.953. The molecule has 5 N–H and O–H groups in total. The second-order valence-electron chi connectivity index (χ2n) is 8.11. The van der Waals surface area contributed by atoms with Crippen LogP contribution >= 0.6 is 11.3 Å². The standard InChI is InChI=1S/C21H31N5O4S/c1-12(2)10-17(27)26-8-7-15(25-21(30)23-13(3)4)18(26)20(29)24-16(19(22)28)11-14-6-5-9-31-14/h5-6,9-10,13,15-16,18H,7-8,11H2,1-4H3,(H2,22,28)(H,24,29)(H2,23,25,30)/t15-,16+,18+/m1/s1. The van der Waals surface area contributed by atoms with Gasteiger partial charge in [-0.2, -0.15) is 0 Å². The Morgan fingerprint density at radius 3 is 2.52 bits per heavy atom. The Kier molecular flexibility index (Phi) is 8.61. The topological polar surface area (TPSA) is 134 Å². The lowest BCUT2D eigenvalue weighted by molar-refractivity contribution is -0.137. The zero-order valence-electron chi connectivity index (χ0n) is 18.3. The van der Waals surface area contributed by atoms with Gasteiger partial charge in [0.05, 0.1) is 6.04 Å². The molecule has 0 spiro atoms. The molecule has 9 nitrogen and oxygen atoms in total. The van der Waals surface area contributed by atoms with Crippen molar-refractivity contribution in [3.05, 3.63) is 34.0 Å². The van der Waals surface area contributed by atoms with Crippen molar-refractivity contribution in [3.63, 3.8) is 0 Å². The number of amides is 5. The van der Waals surface area contributed by atoms with Gasteiger partial charge in [0.15, 0.2) is 0 Å². The van der Waals surface area contributed by atoms with E-state index in [0.717, 1.165) is 10.5 Å². The molecule has 1 aromatic heterocycles. The Bertz CT molecular complexity index is 833. The van der Waals surface area contributed by atoms with E-state index in [4.69, 9.17) is 5.73 Å². The van der Waals surface area contributed by atoms with E-state index < -0.39 is 36.0 Å². The van der Waals surface area contributed by atoms with Crippen LogP contribution in [-0.4, -0.2) is 59.4 Å². The third-order valence-corrected chi connectivity index (χ3v) is 5.64. The highest BCUT2D eigenvalue weighted by atomic mass is 32.1. The van der Waals surface area contributed by atoms with E-state index in [9.17, 15) is 19.2 Å². The molecule has 10 heteroatoms. The Morgan fingerprint density at radius 1 is 1.26 bits per heavy atom. The Hall–Kier alpha value is -2.88. The van der Waals surface area contributed by atoms with Gasteiger partial charge >= 0.3 is 6.03 Å². The molecular formula is C21H31N5O4S. The van der Waals surface area contributed by atoms with Crippen LogP contribution in [-0.2, 0) is 20.8 Å². The Labute approximate surface area is 186 Å². The molecule has 31 heavy (non-hydrogen) atoms. The van der Waals surface area contributed by atoms with Crippen molar-refractivity contribution in [2.75, 3.05) is 6.54 Å². The summed E-state index contributed by atoms with van der Waals surface area (Å²) < 4.78 is 0. The molecule has 5 amide bonds. The van der Waals surface area contributed by atoms with E-state index in [2.05, 4.69) is 16.0 Å². The first-order valence-electron chi connectivity index (χ1n) is 10.2. The van der Waals surface area contributed by atoms with Crippen LogP contribution < -0.4 is 21.7 Å². The quantitative estimate of drug-likeness (QED) is 0.439. The summed E-state index contributed by atoms with van der Waals surface area (Å²) in [5.41, 5.74) is 6.31. The number of carbonyl (C=O) groups is 4. The number of hydrogen-bond donors (Lipinski definition) is 4. The van der Waals surface area contributed by atoms with Crippen molar-refractivity contribution in [2.45, 2.75) is 64.7 Å². The first-order valence-corrected chi connectivity index (χ1v) is 11.1. The maximum absolute atomic E-state index is 13.2. The minimum Gasteiger partial charge on any atom is -0.368 e. The third-order valence-electron chi connectivity index (χ3n) is 4.74. The van der Waals surface area contributed by atoms with Gasteiger partial charge in [-0.1, -0.05) is 11.6 Å². The molecule has 170 valence electrons. The lowest BCUT2D eigenvalue weighted by atomic mass is 10.1.